The first-order valence-corrected chi connectivity index (χ1v) is 5.17. The van der Waals surface area contributed by atoms with Crippen molar-refractivity contribution >= 4 is 32.6 Å². The van der Waals surface area contributed by atoms with E-state index in [1.165, 1.54) is 0 Å². The number of halogens is 1. The third-order valence-corrected chi connectivity index (χ3v) is 2.79. The zero-order valence-electron chi connectivity index (χ0n) is 8.02. The lowest BCUT2D eigenvalue weighted by molar-refractivity contribution is 0.101. The Morgan fingerprint density at radius 3 is 2.79 bits per heavy atom. The summed E-state index contributed by atoms with van der Waals surface area (Å²) in [7, 11) is 0. The molecule has 1 aromatic carbocycles. The molecule has 2 rings (SSSR count). The molecule has 1 aromatic heterocycles. The zero-order chi connectivity index (χ0) is 10.3. The number of ketones is 1. The van der Waals surface area contributed by atoms with Crippen LogP contribution in [0.2, 0.25) is 0 Å². The summed E-state index contributed by atoms with van der Waals surface area (Å²) in [6, 6.07) is 5.90. The fourth-order valence-corrected chi connectivity index (χ4v) is 2.11. The normalized spacial score (nSPS) is 10.8. The van der Waals surface area contributed by atoms with Crippen molar-refractivity contribution in [1.82, 2.24) is 4.98 Å². The van der Waals surface area contributed by atoms with Gasteiger partial charge in [-0.05, 0) is 32.0 Å². The van der Waals surface area contributed by atoms with Crippen LogP contribution in [0, 0.1) is 6.92 Å². The second-order valence-corrected chi connectivity index (χ2v) is 4.29. The molecule has 0 aliphatic rings. The maximum Gasteiger partial charge on any atom is 0.162 e. The smallest absolute Gasteiger partial charge is 0.162 e. The van der Waals surface area contributed by atoms with Gasteiger partial charge >= 0.3 is 0 Å². The van der Waals surface area contributed by atoms with Gasteiger partial charge in [-0.3, -0.25) is 4.79 Å². The topological polar surface area (TPSA) is 32.9 Å². The Hall–Kier alpha value is -1.09. The Balaban J connectivity index is 2.86. The van der Waals surface area contributed by atoms with Gasteiger partial charge in [0.15, 0.2) is 5.78 Å². The van der Waals surface area contributed by atoms with Gasteiger partial charge in [0.25, 0.3) is 0 Å². The number of nitrogens with one attached hydrogen (secondary N) is 1. The Bertz CT molecular complexity index is 513. The first-order chi connectivity index (χ1) is 6.59. The number of Topliss-reactive ketones (excluding diaryl/α,β-unsaturated/α-hetero) is 1. The van der Waals surface area contributed by atoms with Crippen molar-refractivity contribution in [3.8, 4) is 0 Å². The minimum atomic E-state index is 0.104. The molecule has 0 aliphatic heterocycles. The van der Waals surface area contributed by atoms with Crippen LogP contribution >= 0.6 is 15.9 Å². The molecule has 14 heavy (non-hydrogen) atoms. The monoisotopic (exact) mass is 251 g/mol. The van der Waals surface area contributed by atoms with Gasteiger partial charge in [0, 0.05) is 26.6 Å². The second-order valence-electron chi connectivity index (χ2n) is 3.37. The van der Waals surface area contributed by atoms with Crippen molar-refractivity contribution in [1.29, 1.82) is 0 Å². The van der Waals surface area contributed by atoms with E-state index in [1.54, 1.807) is 6.92 Å². The van der Waals surface area contributed by atoms with E-state index in [2.05, 4.69) is 20.9 Å². The number of aromatic amines is 1. The van der Waals surface area contributed by atoms with Gasteiger partial charge in [0.05, 0.1) is 0 Å². The minimum Gasteiger partial charge on any atom is -0.358 e. The van der Waals surface area contributed by atoms with Crippen LogP contribution in [0.5, 0.6) is 0 Å². The molecular formula is C11H10BrNO. The van der Waals surface area contributed by atoms with Crippen molar-refractivity contribution in [2.45, 2.75) is 13.8 Å². The van der Waals surface area contributed by atoms with Gasteiger partial charge in [-0.25, -0.2) is 0 Å². The highest BCUT2D eigenvalue weighted by atomic mass is 79.9. The molecular weight excluding hydrogens is 242 g/mol. The molecule has 0 fully saturated rings. The van der Waals surface area contributed by atoms with Gasteiger partial charge in [0.1, 0.15) is 0 Å². The number of rotatable bonds is 1. The van der Waals surface area contributed by atoms with Crippen LogP contribution in [-0.4, -0.2) is 10.8 Å². The van der Waals surface area contributed by atoms with Crippen molar-refractivity contribution in [3.63, 3.8) is 0 Å². The number of carbonyl (C=O) groups excluding carboxylic acids is 1. The van der Waals surface area contributed by atoms with Crippen LogP contribution < -0.4 is 0 Å². The predicted octanol–water partition coefficient (Wildman–Crippen LogP) is 3.44. The fraction of sp³-hybridized carbons (Fsp3) is 0.182. The van der Waals surface area contributed by atoms with Crippen LogP contribution in [0.4, 0.5) is 0 Å². The first kappa shape index (κ1) is 9.46. The second kappa shape index (κ2) is 3.24. The quantitative estimate of drug-likeness (QED) is 0.775. The van der Waals surface area contributed by atoms with E-state index in [-0.39, 0.29) is 5.78 Å². The van der Waals surface area contributed by atoms with Crippen LogP contribution in [0.15, 0.2) is 22.7 Å². The molecule has 0 atom stereocenters. The maximum absolute atomic E-state index is 11.4. The molecule has 0 bridgehead atoms. The molecule has 0 saturated carbocycles. The van der Waals surface area contributed by atoms with E-state index in [9.17, 15) is 4.79 Å². The Kier molecular flexibility index (Phi) is 2.19. The maximum atomic E-state index is 11.4. The summed E-state index contributed by atoms with van der Waals surface area (Å²) in [6.07, 6.45) is 0. The lowest BCUT2D eigenvalue weighted by Gasteiger charge is -1.95. The first-order valence-electron chi connectivity index (χ1n) is 4.38. The van der Waals surface area contributed by atoms with E-state index >= 15 is 0 Å². The molecule has 0 radical (unpaired) electrons. The largest absolute Gasteiger partial charge is 0.358 e. The highest BCUT2D eigenvalue weighted by molar-refractivity contribution is 9.10. The van der Waals surface area contributed by atoms with Gasteiger partial charge in [-0.15, -0.1) is 0 Å². The molecule has 1 heterocycles. The van der Waals surface area contributed by atoms with Crippen LogP contribution in [0.3, 0.4) is 0 Å². The number of carbonyl (C=O) groups is 1. The standard InChI is InChI=1S/C11H10BrNO/c1-6-11(7(2)14)9-5-8(12)3-4-10(9)13-6/h3-5,13H,1-2H3. The number of fused-ring (bicyclic) bond motifs is 1. The summed E-state index contributed by atoms with van der Waals surface area (Å²) in [5.41, 5.74) is 2.74. The Morgan fingerprint density at radius 1 is 1.43 bits per heavy atom. The van der Waals surface area contributed by atoms with Gasteiger partial charge < -0.3 is 4.98 Å². The molecule has 72 valence electrons. The Labute approximate surface area is 90.4 Å². The van der Waals surface area contributed by atoms with Crippen LogP contribution in [-0.2, 0) is 0 Å². The minimum absolute atomic E-state index is 0.104. The Morgan fingerprint density at radius 2 is 2.14 bits per heavy atom. The highest BCUT2D eigenvalue weighted by Crippen LogP contribution is 2.25. The number of H-pyrrole nitrogens is 1. The fourth-order valence-electron chi connectivity index (χ4n) is 1.75. The van der Waals surface area contributed by atoms with Crippen molar-refractivity contribution in [2.75, 3.05) is 0 Å². The third-order valence-electron chi connectivity index (χ3n) is 2.30. The van der Waals surface area contributed by atoms with Crippen molar-refractivity contribution < 1.29 is 4.79 Å². The molecule has 0 aliphatic carbocycles. The van der Waals surface area contributed by atoms with Crippen LogP contribution in [0.25, 0.3) is 10.9 Å². The SMILES string of the molecule is CC(=O)c1c(C)[nH]c2ccc(Br)cc12. The highest BCUT2D eigenvalue weighted by Gasteiger charge is 2.11. The number of benzene rings is 1. The number of aryl methyl sites for hydroxylation is 1. The molecule has 2 nitrogen and oxygen atoms in total. The molecule has 3 heteroatoms. The summed E-state index contributed by atoms with van der Waals surface area (Å²) in [5, 5.41) is 0.990. The lowest BCUT2D eigenvalue weighted by Crippen LogP contribution is -1.92. The molecule has 0 saturated heterocycles. The summed E-state index contributed by atoms with van der Waals surface area (Å²) >= 11 is 3.40. The third kappa shape index (κ3) is 1.38. The average Bonchev–Trinajstić information content (AvgIpc) is 2.40. The van der Waals surface area contributed by atoms with Crippen molar-refractivity contribution in [3.05, 3.63) is 33.9 Å². The average molecular weight is 252 g/mol. The summed E-state index contributed by atoms with van der Waals surface area (Å²) in [5.74, 6) is 0.104. The molecule has 0 unspecified atom stereocenters. The lowest BCUT2D eigenvalue weighted by atomic mass is 10.1. The zero-order valence-corrected chi connectivity index (χ0v) is 9.60. The van der Waals surface area contributed by atoms with E-state index in [0.717, 1.165) is 26.6 Å². The number of aromatic nitrogens is 1. The summed E-state index contributed by atoms with van der Waals surface area (Å²) in [4.78, 5) is 14.6. The molecule has 2 aromatic rings. The van der Waals surface area contributed by atoms with E-state index in [1.807, 2.05) is 25.1 Å². The van der Waals surface area contributed by atoms with Gasteiger partial charge in [0.2, 0.25) is 0 Å². The number of hydrogen-bond acceptors (Lipinski definition) is 1. The van der Waals surface area contributed by atoms with E-state index < -0.39 is 0 Å². The van der Waals surface area contributed by atoms with Gasteiger partial charge in [-0.1, -0.05) is 15.9 Å². The van der Waals surface area contributed by atoms with Gasteiger partial charge in [-0.2, -0.15) is 0 Å². The van der Waals surface area contributed by atoms with Crippen molar-refractivity contribution in [2.24, 2.45) is 0 Å². The summed E-state index contributed by atoms with van der Waals surface area (Å²) < 4.78 is 0.992. The molecule has 0 amide bonds. The van der Waals surface area contributed by atoms with E-state index in [4.69, 9.17) is 0 Å². The molecule has 1 N–H and O–H groups in total. The van der Waals surface area contributed by atoms with E-state index in [0.29, 0.717) is 0 Å². The van der Waals surface area contributed by atoms with Crippen LogP contribution in [0.1, 0.15) is 23.0 Å². The summed E-state index contributed by atoms with van der Waals surface area (Å²) in [6.45, 7) is 3.52. The predicted molar refractivity (Wildman–Crippen MR) is 60.7 cm³/mol. The number of hydrogen-bond donors (Lipinski definition) is 1. The molecule has 0 spiro atoms.